The largest absolute Gasteiger partial charge is 0.508 e. The van der Waals surface area contributed by atoms with Crippen molar-refractivity contribution in [3.8, 4) is 5.75 Å². The van der Waals surface area contributed by atoms with Gasteiger partial charge in [-0.2, -0.15) is 0 Å². The number of nitro benzene ring substituents is 1. The van der Waals surface area contributed by atoms with Crippen molar-refractivity contribution in [2.45, 2.75) is 6.92 Å². The van der Waals surface area contributed by atoms with Crippen LogP contribution < -0.4 is 0 Å². The van der Waals surface area contributed by atoms with E-state index in [1.54, 1.807) is 36.4 Å². The number of aromatic hydroxyl groups is 1. The van der Waals surface area contributed by atoms with E-state index >= 15 is 0 Å². The number of benzene rings is 2. The SMILES string of the molecule is CC(=Nc1ccc(O)cc1)c1ccc([N+](=O)[O-])cc1.[Ir]. The standard InChI is InChI=1S/C14H12N2O3.Ir/c1-10(15-12-4-8-14(17)9-5-12)11-2-6-13(7-3-11)16(18)19;/h2-9,17H,1H3;. The number of hydrogen-bond donors (Lipinski definition) is 1. The van der Waals surface area contributed by atoms with E-state index < -0.39 is 4.92 Å². The Bertz CT molecular complexity index is 622. The van der Waals surface area contributed by atoms with Crippen LogP contribution in [0.2, 0.25) is 0 Å². The van der Waals surface area contributed by atoms with E-state index in [9.17, 15) is 15.2 Å². The van der Waals surface area contributed by atoms with Crippen LogP contribution in [0.1, 0.15) is 12.5 Å². The molecule has 0 fully saturated rings. The Morgan fingerprint density at radius 3 is 2.15 bits per heavy atom. The van der Waals surface area contributed by atoms with Gasteiger partial charge in [-0.3, -0.25) is 15.1 Å². The molecule has 0 saturated heterocycles. The van der Waals surface area contributed by atoms with E-state index in [-0.39, 0.29) is 31.5 Å². The zero-order valence-electron chi connectivity index (χ0n) is 10.6. The molecule has 0 heterocycles. The third-order valence-electron chi connectivity index (χ3n) is 2.64. The summed E-state index contributed by atoms with van der Waals surface area (Å²) >= 11 is 0. The minimum Gasteiger partial charge on any atom is -0.508 e. The Labute approximate surface area is 129 Å². The summed E-state index contributed by atoms with van der Waals surface area (Å²) in [5.41, 5.74) is 2.34. The minimum absolute atomic E-state index is 0. The maximum Gasteiger partial charge on any atom is 0.269 e. The Morgan fingerprint density at radius 2 is 1.65 bits per heavy atom. The van der Waals surface area contributed by atoms with Crippen molar-refractivity contribution in [1.82, 2.24) is 0 Å². The molecule has 1 radical (unpaired) electrons. The molecule has 0 aromatic heterocycles. The normalized spacial score (nSPS) is 10.8. The van der Waals surface area contributed by atoms with Crippen LogP contribution in [0.4, 0.5) is 11.4 Å². The van der Waals surface area contributed by atoms with E-state index in [0.29, 0.717) is 5.69 Å². The van der Waals surface area contributed by atoms with Crippen LogP contribution >= 0.6 is 0 Å². The summed E-state index contributed by atoms with van der Waals surface area (Å²) in [5, 5.41) is 19.7. The van der Waals surface area contributed by atoms with E-state index in [1.165, 1.54) is 12.1 Å². The van der Waals surface area contributed by atoms with Crippen LogP contribution in [0.5, 0.6) is 5.75 Å². The number of non-ortho nitro benzene ring substituents is 1. The van der Waals surface area contributed by atoms with E-state index in [4.69, 9.17) is 0 Å². The van der Waals surface area contributed by atoms with Gasteiger partial charge >= 0.3 is 0 Å². The zero-order chi connectivity index (χ0) is 13.8. The molecule has 1 N–H and O–H groups in total. The summed E-state index contributed by atoms with van der Waals surface area (Å²) in [6, 6.07) is 12.7. The van der Waals surface area contributed by atoms with Gasteiger partial charge in [-0.15, -0.1) is 0 Å². The van der Waals surface area contributed by atoms with Gasteiger partial charge in [0.1, 0.15) is 5.75 Å². The molecule has 0 aliphatic carbocycles. The molecule has 0 unspecified atom stereocenters. The Morgan fingerprint density at radius 1 is 1.10 bits per heavy atom. The summed E-state index contributed by atoms with van der Waals surface area (Å²) in [4.78, 5) is 14.5. The van der Waals surface area contributed by atoms with Crippen LogP contribution in [-0.2, 0) is 20.1 Å². The average molecular weight is 448 g/mol. The summed E-state index contributed by atoms with van der Waals surface area (Å²) in [5.74, 6) is 0.187. The Balaban J connectivity index is 0.00000200. The summed E-state index contributed by atoms with van der Waals surface area (Å²) in [7, 11) is 0. The monoisotopic (exact) mass is 449 g/mol. The molecule has 0 amide bonds. The van der Waals surface area contributed by atoms with Gasteiger partial charge in [0.2, 0.25) is 0 Å². The molecular formula is C14H12IrN2O3. The molecule has 0 aliphatic heterocycles. The molecule has 20 heavy (non-hydrogen) atoms. The van der Waals surface area contributed by atoms with Crippen molar-refractivity contribution < 1.29 is 30.1 Å². The molecule has 0 saturated carbocycles. The van der Waals surface area contributed by atoms with Gasteiger partial charge in [0.25, 0.3) is 5.69 Å². The fourth-order valence-electron chi connectivity index (χ4n) is 1.61. The second-order valence-corrected chi connectivity index (χ2v) is 4.02. The van der Waals surface area contributed by atoms with Gasteiger partial charge in [-0.05, 0) is 48.9 Å². The second kappa shape index (κ2) is 6.93. The molecule has 2 aromatic carbocycles. The van der Waals surface area contributed by atoms with Crippen molar-refractivity contribution >= 4 is 17.1 Å². The molecule has 6 heteroatoms. The minimum atomic E-state index is -0.434. The number of hydrogen-bond acceptors (Lipinski definition) is 4. The first kappa shape index (κ1) is 16.0. The maximum absolute atomic E-state index is 10.6. The molecule has 105 valence electrons. The van der Waals surface area contributed by atoms with Crippen molar-refractivity contribution in [2.24, 2.45) is 4.99 Å². The van der Waals surface area contributed by atoms with Crippen LogP contribution in [-0.4, -0.2) is 15.7 Å². The van der Waals surface area contributed by atoms with Crippen molar-refractivity contribution in [2.75, 3.05) is 0 Å². The second-order valence-electron chi connectivity index (χ2n) is 4.02. The number of phenols is 1. The molecule has 0 atom stereocenters. The van der Waals surface area contributed by atoms with E-state index in [0.717, 1.165) is 11.3 Å². The van der Waals surface area contributed by atoms with Crippen LogP contribution in [0, 0.1) is 10.1 Å². The van der Waals surface area contributed by atoms with E-state index in [2.05, 4.69) is 4.99 Å². The summed E-state index contributed by atoms with van der Waals surface area (Å²) in [6.07, 6.45) is 0. The quantitative estimate of drug-likeness (QED) is 0.444. The molecular weight excluding hydrogens is 436 g/mol. The van der Waals surface area contributed by atoms with Gasteiger partial charge < -0.3 is 5.11 Å². The molecule has 0 spiro atoms. The smallest absolute Gasteiger partial charge is 0.269 e. The molecule has 0 aliphatic rings. The first-order valence-corrected chi connectivity index (χ1v) is 5.65. The van der Waals surface area contributed by atoms with Crippen molar-refractivity contribution in [1.29, 1.82) is 0 Å². The third-order valence-corrected chi connectivity index (χ3v) is 2.64. The molecule has 0 bridgehead atoms. The Hall–Kier alpha value is -2.04. The third kappa shape index (κ3) is 3.98. The first-order chi connectivity index (χ1) is 9.06. The Kier molecular flexibility index (Phi) is 5.55. The topological polar surface area (TPSA) is 75.7 Å². The van der Waals surface area contributed by atoms with Crippen LogP contribution in [0.25, 0.3) is 0 Å². The molecule has 2 aromatic rings. The van der Waals surface area contributed by atoms with E-state index in [1.807, 2.05) is 6.92 Å². The van der Waals surface area contributed by atoms with Gasteiger partial charge in [-0.25, -0.2) is 0 Å². The predicted molar refractivity (Wildman–Crippen MR) is 73.1 cm³/mol. The predicted octanol–water partition coefficient (Wildman–Crippen LogP) is 3.44. The number of aliphatic imine (C=N–C) groups is 1. The molecule has 2 rings (SSSR count). The fourth-order valence-corrected chi connectivity index (χ4v) is 1.61. The number of rotatable bonds is 3. The average Bonchev–Trinajstić information content (AvgIpc) is 2.41. The van der Waals surface area contributed by atoms with Crippen LogP contribution in [0.3, 0.4) is 0 Å². The summed E-state index contributed by atoms with van der Waals surface area (Å²) < 4.78 is 0. The number of phenolic OH excluding ortho intramolecular Hbond substituents is 1. The molecule has 5 nitrogen and oxygen atoms in total. The van der Waals surface area contributed by atoms with Gasteiger partial charge in [0.05, 0.1) is 10.6 Å². The first-order valence-electron chi connectivity index (χ1n) is 5.65. The number of nitrogens with zero attached hydrogens (tertiary/aromatic N) is 2. The van der Waals surface area contributed by atoms with Gasteiger partial charge in [-0.1, -0.05) is 0 Å². The van der Waals surface area contributed by atoms with Gasteiger partial charge in [0.15, 0.2) is 0 Å². The fraction of sp³-hybridized carbons (Fsp3) is 0.0714. The number of nitro groups is 1. The summed E-state index contributed by atoms with van der Waals surface area (Å²) in [6.45, 7) is 1.83. The van der Waals surface area contributed by atoms with Crippen molar-refractivity contribution in [3.05, 3.63) is 64.2 Å². The van der Waals surface area contributed by atoms with Gasteiger partial charge in [0, 0.05) is 37.9 Å². The zero-order valence-corrected chi connectivity index (χ0v) is 13.0. The van der Waals surface area contributed by atoms with Crippen molar-refractivity contribution in [3.63, 3.8) is 0 Å². The maximum atomic E-state index is 10.6. The van der Waals surface area contributed by atoms with Crippen LogP contribution in [0.15, 0.2) is 53.5 Å².